The van der Waals surface area contributed by atoms with Gasteiger partial charge in [-0.2, -0.15) is 0 Å². The zero-order valence-electron chi connectivity index (χ0n) is 19.9. The summed E-state index contributed by atoms with van der Waals surface area (Å²) in [4.78, 5) is 16.4. The zero-order valence-corrected chi connectivity index (χ0v) is 19.9. The topological polar surface area (TPSA) is 71.5 Å². The second kappa shape index (κ2) is 11.0. The number of hydrogen-bond donors (Lipinski definition) is 1. The van der Waals surface area contributed by atoms with Crippen molar-refractivity contribution in [1.82, 2.24) is 9.80 Å². The van der Waals surface area contributed by atoms with Gasteiger partial charge >= 0.3 is 0 Å². The number of ether oxygens (including phenoxy) is 3. The van der Waals surface area contributed by atoms with Crippen LogP contribution in [0.15, 0.2) is 54.6 Å². The van der Waals surface area contributed by atoms with Gasteiger partial charge in [0.25, 0.3) is 0 Å². The molecule has 3 heterocycles. The SMILES string of the molecule is O=C(C=Cc1ccccc1OCC(O)CN1CC=C(c2ccc3c(c2)OCO3)CC1)N1CCCC1. The lowest BCUT2D eigenvalue weighted by atomic mass is 9.99. The number of benzene rings is 2. The molecule has 1 unspecified atom stereocenters. The highest BCUT2D eigenvalue weighted by Gasteiger charge is 2.20. The largest absolute Gasteiger partial charge is 0.490 e. The molecule has 184 valence electrons. The van der Waals surface area contributed by atoms with Crippen LogP contribution in [-0.2, 0) is 4.79 Å². The van der Waals surface area contributed by atoms with Crippen LogP contribution in [0.5, 0.6) is 17.2 Å². The van der Waals surface area contributed by atoms with E-state index in [0.29, 0.717) is 12.3 Å². The summed E-state index contributed by atoms with van der Waals surface area (Å²) in [7, 11) is 0. The Labute approximate surface area is 206 Å². The van der Waals surface area contributed by atoms with Crippen LogP contribution >= 0.6 is 0 Å². The van der Waals surface area contributed by atoms with E-state index in [2.05, 4.69) is 17.0 Å². The fraction of sp³-hybridized carbons (Fsp3) is 0.393. The molecular formula is C28H32N2O5. The first-order valence-electron chi connectivity index (χ1n) is 12.3. The molecule has 2 aromatic rings. The van der Waals surface area contributed by atoms with Crippen LogP contribution in [0.2, 0.25) is 0 Å². The quantitative estimate of drug-likeness (QED) is 0.588. The molecule has 1 saturated heterocycles. The van der Waals surface area contributed by atoms with Gasteiger partial charge in [-0.1, -0.05) is 30.3 Å². The van der Waals surface area contributed by atoms with E-state index in [1.54, 1.807) is 12.2 Å². The second-order valence-corrected chi connectivity index (χ2v) is 9.18. The Morgan fingerprint density at radius 3 is 2.74 bits per heavy atom. The number of hydrogen-bond acceptors (Lipinski definition) is 6. The smallest absolute Gasteiger partial charge is 0.246 e. The number of aliphatic hydroxyl groups is 1. The normalized spacial score (nSPS) is 18.7. The maximum Gasteiger partial charge on any atom is 0.246 e. The van der Waals surface area contributed by atoms with Gasteiger partial charge in [-0.25, -0.2) is 0 Å². The number of rotatable bonds is 8. The van der Waals surface area contributed by atoms with Crippen LogP contribution in [0.3, 0.4) is 0 Å². The number of amides is 1. The highest BCUT2D eigenvalue weighted by molar-refractivity contribution is 5.92. The van der Waals surface area contributed by atoms with E-state index >= 15 is 0 Å². The Balaban J connectivity index is 1.11. The van der Waals surface area contributed by atoms with E-state index < -0.39 is 6.10 Å². The molecule has 5 rings (SSSR count). The molecule has 3 aliphatic rings. The fourth-order valence-electron chi connectivity index (χ4n) is 4.73. The average molecular weight is 477 g/mol. The number of nitrogens with zero attached hydrogens (tertiary/aromatic N) is 2. The Morgan fingerprint density at radius 1 is 1.09 bits per heavy atom. The highest BCUT2D eigenvalue weighted by Crippen LogP contribution is 2.35. The Bertz CT molecular complexity index is 1110. The molecule has 1 N–H and O–H groups in total. The molecule has 3 aliphatic heterocycles. The van der Waals surface area contributed by atoms with Gasteiger partial charge < -0.3 is 24.2 Å². The van der Waals surface area contributed by atoms with Crippen molar-refractivity contribution in [3.63, 3.8) is 0 Å². The number of β-amino-alcohol motifs (C(OH)–C–C–N with tert-alkyl or cyclic N) is 1. The van der Waals surface area contributed by atoms with E-state index in [9.17, 15) is 9.90 Å². The minimum absolute atomic E-state index is 0.0376. The standard InChI is InChI=1S/C28H32N2O5/c31-24(18-29-15-11-21(12-16-29)23-7-9-26-27(17-23)35-20-34-26)19-33-25-6-2-1-5-22(25)8-10-28(32)30-13-3-4-14-30/h1-2,5-11,17,24,31H,3-4,12-16,18-20H2. The van der Waals surface area contributed by atoms with Crippen LogP contribution in [0.4, 0.5) is 0 Å². The third kappa shape index (κ3) is 5.86. The first-order valence-corrected chi connectivity index (χ1v) is 12.3. The maximum absolute atomic E-state index is 12.3. The van der Waals surface area contributed by atoms with Crippen molar-refractivity contribution in [2.45, 2.75) is 25.4 Å². The molecule has 0 bridgehead atoms. The molecule has 0 aromatic heterocycles. The molecule has 7 nitrogen and oxygen atoms in total. The van der Waals surface area contributed by atoms with Gasteiger partial charge in [0.2, 0.25) is 12.7 Å². The van der Waals surface area contributed by atoms with E-state index in [-0.39, 0.29) is 19.3 Å². The minimum Gasteiger partial charge on any atom is -0.490 e. The average Bonchev–Trinajstić information content (AvgIpc) is 3.59. The molecule has 0 radical (unpaired) electrons. The zero-order chi connectivity index (χ0) is 24.0. The van der Waals surface area contributed by atoms with Crippen molar-refractivity contribution in [2.24, 2.45) is 0 Å². The summed E-state index contributed by atoms with van der Waals surface area (Å²) in [6, 6.07) is 13.7. The third-order valence-corrected chi connectivity index (χ3v) is 6.68. The number of carbonyl (C=O) groups is 1. The molecule has 0 aliphatic carbocycles. The Morgan fingerprint density at radius 2 is 1.91 bits per heavy atom. The van der Waals surface area contributed by atoms with Crippen molar-refractivity contribution in [3.8, 4) is 17.2 Å². The Kier molecular flexibility index (Phi) is 7.35. The molecule has 35 heavy (non-hydrogen) atoms. The number of aliphatic hydroxyl groups excluding tert-OH is 1. The number of fused-ring (bicyclic) bond motifs is 1. The molecular weight excluding hydrogens is 444 g/mol. The molecule has 0 saturated carbocycles. The van der Waals surface area contributed by atoms with Crippen LogP contribution in [-0.4, -0.2) is 73.0 Å². The molecule has 0 spiro atoms. The maximum atomic E-state index is 12.3. The summed E-state index contributed by atoms with van der Waals surface area (Å²) >= 11 is 0. The van der Waals surface area contributed by atoms with Crippen molar-refractivity contribution in [1.29, 1.82) is 0 Å². The third-order valence-electron chi connectivity index (χ3n) is 6.68. The summed E-state index contributed by atoms with van der Waals surface area (Å²) in [6.45, 7) is 4.32. The van der Waals surface area contributed by atoms with E-state index in [1.165, 1.54) is 5.57 Å². The van der Waals surface area contributed by atoms with Crippen LogP contribution in [0, 0.1) is 0 Å². The van der Waals surface area contributed by atoms with E-state index in [0.717, 1.165) is 68.1 Å². The van der Waals surface area contributed by atoms with Crippen molar-refractivity contribution < 1.29 is 24.1 Å². The molecule has 1 atom stereocenters. The van der Waals surface area contributed by atoms with Gasteiger partial charge in [-0.3, -0.25) is 9.69 Å². The van der Waals surface area contributed by atoms with Gasteiger partial charge in [0.05, 0.1) is 0 Å². The minimum atomic E-state index is -0.612. The molecule has 7 heteroatoms. The summed E-state index contributed by atoms with van der Waals surface area (Å²) < 4.78 is 16.8. The predicted octanol–water partition coefficient (Wildman–Crippen LogP) is 3.58. The van der Waals surface area contributed by atoms with Crippen molar-refractivity contribution in [3.05, 3.63) is 65.7 Å². The fourth-order valence-corrected chi connectivity index (χ4v) is 4.73. The number of para-hydroxylation sites is 1. The predicted molar refractivity (Wildman–Crippen MR) is 134 cm³/mol. The molecule has 1 fully saturated rings. The van der Waals surface area contributed by atoms with Crippen LogP contribution < -0.4 is 14.2 Å². The van der Waals surface area contributed by atoms with Crippen LogP contribution in [0.1, 0.15) is 30.4 Å². The summed E-state index contributed by atoms with van der Waals surface area (Å²) in [6.07, 6.45) is 8.07. The first kappa shape index (κ1) is 23.5. The van der Waals surface area contributed by atoms with Gasteiger partial charge in [-0.05, 0) is 54.7 Å². The van der Waals surface area contributed by atoms with Crippen molar-refractivity contribution in [2.75, 3.05) is 46.1 Å². The first-order chi connectivity index (χ1) is 17.2. The van der Waals surface area contributed by atoms with Crippen LogP contribution in [0.25, 0.3) is 11.6 Å². The van der Waals surface area contributed by atoms with Gasteiger partial charge in [0, 0.05) is 44.4 Å². The monoisotopic (exact) mass is 476 g/mol. The van der Waals surface area contributed by atoms with Gasteiger partial charge in [0.1, 0.15) is 18.5 Å². The van der Waals surface area contributed by atoms with Crippen molar-refractivity contribution >= 4 is 17.6 Å². The van der Waals surface area contributed by atoms with Gasteiger partial charge in [0.15, 0.2) is 11.5 Å². The lowest BCUT2D eigenvalue weighted by molar-refractivity contribution is -0.124. The summed E-state index contributed by atoms with van der Waals surface area (Å²) in [5, 5.41) is 10.6. The second-order valence-electron chi connectivity index (χ2n) is 9.18. The molecule has 1 amide bonds. The lowest BCUT2D eigenvalue weighted by Gasteiger charge is -2.28. The van der Waals surface area contributed by atoms with E-state index in [1.807, 2.05) is 41.3 Å². The lowest BCUT2D eigenvalue weighted by Crippen LogP contribution is -2.38. The Hall–Kier alpha value is -3.29. The summed E-state index contributed by atoms with van der Waals surface area (Å²) in [5.41, 5.74) is 3.28. The highest BCUT2D eigenvalue weighted by atomic mass is 16.7. The van der Waals surface area contributed by atoms with Gasteiger partial charge in [-0.15, -0.1) is 0 Å². The number of likely N-dealkylation sites (tertiary alicyclic amines) is 1. The molecule has 2 aromatic carbocycles. The van der Waals surface area contributed by atoms with E-state index in [4.69, 9.17) is 14.2 Å². The summed E-state index contributed by atoms with van der Waals surface area (Å²) in [5.74, 6) is 2.30. The number of carbonyl (C=O) groups excluding carboxylic acids is 1.